The Hall–Kier alpha value is -1.08. The number of benzene rings is 1. The van der Waals surface area contributed by atoms with E-state index >= 15 is 0 Å². The molecule has 2 aliphatic carbocycles. The summed E-state index contributed by atoms with van der Waals surface area (Å²) in [5.41, 5.74) is 2.39. The molecule has 64 valence electrons. The quantitative estimate of drug-likeness (QED) is 0.671. The van der Waals surface area contributed by atoms with Crippen molar-refractivity contribution in [1.29, 1.82) is 0 Å². The first kappa shape index (κ1) is 9.01. The Morgan fingerprint density at radius 2 is 1.33 bits per heavy atom. The van der Waals surface area contributed by atoms with Gasteiger partial charge in [-0.2, -0.15) is 0 Å². The van der Waals surface area contributed by atoms with Gasteiger partial charge in [0.05, 0.1) is 14.2 Å². The first-order valence-electron chi connectivity index (χ1n) is 3.34. The lowest BCUT2D eigenvalue weighted by Gasteiger charge is -2.24. The van der Waals surface area contributed by atoms with Gasteiger partial charge in [-0.15, -0.1) is 0 Å². The van der Waals surface area contributed by atoms with Crippen molar-refractivity contribution in [2.75, 3.05) is 14.2 Å². The molecule has 0 aromatic heterocycles. The largest absolute Gasteiger partial charge is 0.492 e. The minimum Gasteiger partial charge on any atom is -0.492 e. The van der Waals surface area contributed by atoms with Crippen LogP contribution in [0, 0.1) is 0 Å². The Morgan fingerprint density at radius 3 is 1.50 bits per heavy atom. The van der Waals surface area contributed by atoms with Crippen LogP contribution in [0.4, 0.5) is 0 Å². The van der Waals surface area contributed by atoms with E-state index in [1.807, 2.05) is 12.1 Å². The van der Waals surface area contributed by atoms with Gasteiger partial charge in [-0.3, -0.25) is 4.57 Å². The molecule has 0 spiro atoms. The normalized spacial score (nSPS) is 9.50. The van der Waals surface area contributed by atoms with Crippen LogP contribution >= 0.6 is 9.12 Å². The average Bonchev–Trinajstić information content (AvgIpc) is 2.11. The van der Waals surface area contributed by atoms with Crippen LogP contribution in [0.25, 0.3) is 11.1 Å². The van der Waals surface area contributed by atoms with E-state index in [0.29, 0.717) is 0 Å². The highest BCUT2D eigenvalue weighted by Gasteiger charge is 2.27. The Morgan fingerprint density at radius 1 is 1.00 bits per heavy atom. The molecule has 0 saturated heterocycles. The molecule has 0 aliphatic heterocycles. The predicted molar refractivity (Wildman–Crippen MR) is 47.5 cm³/mol. The summed E-state index contributed by atoms with van der Waals surface area (Å²) in [6, 6.07) is 4.05. The van der Waals surface area contributed by atoms with Gasteiger partial charge in [-0.25, -0.2) is 0 Å². The highest BCUT2D eigenvalue weighted by molar-refractivity contribution is 7.00. The van der Waals surface area contributed by atoms with E-state index in [9.17, 15) is 0 Å². The Bertz CT molecular complexity index is 270. The molecule has 0 unspecified atom stereocenters. The van der Waals surface area contributed by atoms with Gasteiger partial charge in [0, 0.05) is 11.1 Å². The Kier molecular flexibility index (Phi) is 2.66. The summed E-state index contributed by atoms with van der Waals surface area (Å²) in [4.78, 5) is 0. The van der Waals surface area contributed by atoms with Crippen molar-refractivity contribution in [1.82, 2.24) is 0 Å². The van der Waals surface area contributed by atoms with E-state index in [4.69, 9.17) is 14.0 Å². The molecule has 0 aromatic carbocycles. The Balaban J connectivity index is 0.000000336. The van der Waals surface area contributed by atoms with Gasteiger partial charge in [0.2, 0.25) is 0 Å². The molecule has 0 radical (unpaired) electrons. The first-order valence-corrected chi connectivity index (χ1v) is 3.75. The fourth-order valence-corrected chi connectivity index (χ4v) is 1.23. The highest BCUT2D eigenvalue weighted by atomic mass is 31.0. The van der Waals surface area contributed by atoms with Gasteiger partial charge < -0.3 is 9.47 Å². The fraction of sp³-hybridized carbons (Fsp3) is 0.250. The molecule has 2 aliphatic rings. The molecule has 0 fully saturated rings. The van der Waals surface area contributed by atoms with Gasteiger partial charge >= 0.3 is 0 Å². The summed E-state index contributed by atoms with van der Waals surface area (Å²) < 4.78 is 18.2. The van der Waals surface area contributed by atoms with Crippen LogP contribution in [0.15, 0.2) is 12.1 Å². The molecular weight excluding hydrogens is 175 g/mol. The molecule has 0 N–H and O–H groups in total. The second-order valence-electron chi connectivity index (χ2n) is 2.23. The van der Waals surface area contributed by atoms with E-state index in [-0.39, 0.29) is 0 Å². The van der Waals surface area contributed by atoms with Crippen LogP contribution in [0.3, 0.4) is 0 Å². The van der Waals surface area contributed by atoms with Crippen LogP contribution in [-0.2, 0) is 4.57 Å². The standard InChI is InChI=1S/C8H8O2.HOP/c1-9-7-5-3-4-6(5)8(7)10-2;1-2/h3-4H,1-2H3;2H. The number of hydrogen-bond donors (Lipinski definition) is 0. The lowest BCUT2D eigenvalue weighted by atomic mass is 9.90. The summed E-state index contributed by atoms with van der Waals surface area (Å²) in [5, 5.41) is 0. The topological polar surface area (TPSA) is 35.5 Å². The summed E-state index contributed by atoms with van der Waals surface area (Å²) in [5.74, 6) is 1.78. The zero-order valence-electron chi connectivity index (χ0n) is 6.88. The second-order valence-corrected chi connectivity index (χ2v) is 2.23. The van der Waals surface area contributed by atoms with E-state index in [2.05, 4.69) is 0 Å². The van der Waals surface area contributed by atoms with Crippen LogP contribution in [0.1, 0.15) is 0 Å². The zero-order valence-corrected chi connectivity index (χ0v) is 7.88. The maximum absolute atomic E-state index is 8.06. The fourth-order valence-electron chi connectivity index (χ4n) is 1.23. The van der Waals surface area contributed by atoms with E-state index in [0.717, 1.165) is 11.5 Å². The van der Waals surface area contributed by atoms with Crippen molar-refractivity contribution >= 4 is 9.12 Å². The molecule has 0 saturated carbocycles. The van der Waals surface area contributed by atoms with Crippen molar-refractivity contribution in [2.24, 2.45) is 0 Å². The molecule has 3 nitrogen and oxygen atoms in total. The van der Waals surface area contributed by atoms with E-state index in [1.165, 1.54) is 11.1 Å². The number of ether oxygens (including phenoxy) is 2. The van der Waals surface area contributed by atoms with Crippen LogP contribution in [0.2, 0.25) is 0 Å². The molecule has 12 heavy (non-hydrogen) atoms. The summed E-state index contributed by atoms with van der Waals surface area (Å²) in [6.45, 7) is 0. The monoisotopic (exact) mass is 184 g/mol. The minimum absolute atomic E-state index is 0.889. The number of fused-ring (bicyclic) bond motifs is 1. The number of methoxy groups -OCH3 is 2. The maximum Gasteiger partial charge on any atom is 0.169 e. The van der Waals surface area contributed by atoms with Crippen molar-refractivity contribution in [3.63, 3.8) is 0 Å². The molecule has 4 heteroatoms. The molecule has 0 bridgehead atoms. The first-order chi connectivity index (χ1) is 5.88. The van der Waals surface area contributed by atoms with Gasteiger partial charge in [-0.1, -0.05) is 0 Å². The number of hydrogen-bond acceptors (Lipinski definition) is 3. The third-order valence-electron chi connectivity index (χ3n) is 1.81. The molecule has 0 heterocycles. The molecule has 0 amide bonds. The third-order valence-corrected chi connectivity index (χ3v) is 1.81. The van der Waals surface area contributed by atoms with Crippen LogP contribution in [0.5, 0.6) is 11.5 Å². The van der Waals surface area contributed by atoms with Crippen molar-refractivity contribution in [3.05, 3.63) is 12.1 Å². The smallest absolute Gasteiger partial charge is 0.169 e. The van der Waals surface area contributed by atoms with Gasteiger partial charge in [0.1, 0.15) is 9.12 Å². The second kappa shape index (κ2) is 3.55. The predicted octanol–water partition coefficient (Wildman–Crippen LogP) is 2.16. The van der Waals surface area contributed by atoms with Crippen molar-refractivity contribution < 1.29 is 14.0 Å². The molecule has 0 aromatic rings. The van der Waals surface area contributed by atoms with Crippen molar-refractivity contribution in [3.8, 4) is 22.6 Å². The SMILES string of the molecule is COc1c2ccc-2c1OC.O=P. The van der Waals surface area contributed by atoms with E-state index in [1.54, 1.807) is 23.3 Å². The van der Waals surface area contributed by atoms with Crippen molar-refractivity contribution in [2.45, 2.75) is 0 Å². The Labute approximate surface area is 72.9 Å². The zero-order chi connectivity index (χ0) is 9.14. The third kappa shape index (κ3) is 0.978. The summed E-state index contributed by atoms with van der Waals surface area (Å²) in [7, 11) is 5.04. The van der Waals surface area contributed by atoms with Gasteiger partial charge in [0.25, 0.3) is 0 Å². The molecule has 2 rings (SSSR count). The average molecular weight is 184 g/mol. The minimum atomic E-state index is 0.889. The van der Waals surface area contributed by atoms with Crippen LogP contribution < -0.4 is 9.47 Å². The van der Waals surface area contributed by atoms with Gasteiger partial charge in [0.15, 0.2) is 11.5 Å². The van der Waals surface area contributed by atoms with E-state index < -0.39 is 0 Å². The van der Waals surface area contributed by atoms with Crippen LogP contribution in [-0.4, -0.2) is 14.2 Å². The maximum atomic E-state index is 8.06. The number of rotatable bonds is 2. The lowest BCUT2D eigenvalue weighted by Crippen LogP contribution is -2.03. The summed E-state index contributed by atoms with van der Waals surface area (Å²) >= 11 is 0. The lowest BCUT2D eigenvalue weighted by molar-refractivity contribution is 0.349. The summed E-state index contributed by atoms with van der Waals surface area (Å²) in [6.07, 6.45) is 0. The van der Waals surface area contributed by atoms with Gasteiger partial charge in [-0.05, 0) is 12.1 Å². The highest BCUT2D eigenvalue weighted by Crippen LogP contribution is 2.54. The molecular formula is C8H9O3P. The molecule has 0 atom stereocenters.